The highest BCUT2D eigenvalue weighted by atomic mass is 31.2. The van der Waals surface area contributed by atoms with Gasteiger partial charge in [0.05, 0.1) is 39.1 Å². The molecule has 0 saturated carbocycles. The highest BCUT2D eigenvalue weighted by Crippen LogP contribution is 2.52. The van der Waals surface area contributed by atoms with Crippen LogP contribution in [0, 0.1) is 23.7 Å². The summed E-state index contributed by atoms with van der Waals surface area (Å²) in [7, 11) is -7.38. The van der Waals surface area contributed by atoms with Gasteiger partial charge in [-0.05, 0) is 37.0 Å². The van der Waals surface area contributed by atoms with Crippen molar-refractivity contribution in [3.8, 4) is 0 Å². The van der Waals surface area contributed by atoms with E-state index in [9.17, 15) is 9.13 Å². The second kappa shape index (κ2) is 15.1. The van der Waals surface area contributed by atoms with E-state index in [1.807, 2.05) is 55.4 Å². The van der Waals surface area contributed by atoms with Crippen molar-refractivity contribution >= 4 is 15.6 Å². The van der Waals surface area contributed by atoms with Crippen molar-refractivity contribution in [1.82, 2.24) is 0 Å². The maximum absolute atomic E-state index is 12.9. The SMILES string of the molecule is CC(C)COP(=O)(OCC[C@H](C)OP(=O)(OCC(C)C)OCC(C)C)OCC(C)C. The monoisotopic (exact) mass is 474 g/mol. The second-order valence-electron chi connectivity index (χ2n) is 9.19. The van der Waals surface area contributed by atoms with Gasteiger partial charge in [-0.15, -0.1) is 0 Å². The van der Waals surface area contributed by atoms with Crippen molar-refractivity contribution in [1.29, 1.82) is 0 Å². The molecule has 0 aromatic heterocycles. The molecule has 0 rings (SSSR count). The summed E-state index contributed by atoms with van der Waals surface area (Å²) in [5, 5.41) is 0. The van der Waals surface area contributed by atoms with Crippen LogP contribution in [0.25, 0.3) is 0 Å². The molecule has 0 aromatic carbocycles. The molecule has 182 valence electrons. The summed E-state index contributed by atoms with van der Waals surface area (Å²) >= 11 is 0. The normalized spacial score (nSPS) is 14.4. The molecule has 0 N–H and O–H groups in total. The molecule has 8 nitrogen and oxygen atoms in total. The van der Waals surface area contributed by atoms with Crippen LogP contribution in [0.15, 0.2) is 0 Å². The summed E-state index contributed by atoms with van der Waals surface area (Å²) in [6.07, 6.45) is -0.182. The fourth-order valence-electron chi connectivity index (χ4n) is 1.77. The molecule has 0 saturated heterocycles. The summed E-state index contributed by atoms with van der Waals surface area (Å²) in [5.74, 6) is 0.749. The summed E-state index contributed by atoms with van der Waals surface area (Å²) in [5.41, 5.74) is 0. The van der Waals surface area contributed by atoms with Gasteiger partial charge in [0.1, 0.15) is 0 Å². The van der Waals surface area contributed by atoms with Gasteiger partial charge in [0, 0.05) is 0 Å². The minimum Gasteiger partial charge on any atom is -0.287 e. The summed E-state index contributed by atoms with van der Waals surface area (Å²) < 4.78 is 58.6. The van der Waals surface area contributed by atoms with Gasteiger partial charge in [-0.3, -0.25) is 27.1 Å². The molecule has 0 radical (unpaired) electrons. The van der Waals surface area contributed by atoms with Crippen LogP contribution < -0.4 is 0 Å². The molecule has 0 fully saturated rings. The van der Waals surface area contributed by atoms with E-state index >= 15 is 0 Å². The van der Waals surface area contributed by atoms with Crippen LogP contribution in [-0.2, 0) is 36.3 Å². The molecule has 0 aromatic rings. The molecule has 0 aliphatic carbocycles. The van der Waals surface area contributed by atoms with Gasteiger partial charge in [0.15, 0.2) is 0 Å². The Bertz CT molecular complexity index is 505. The Morgan fingerprint density at radius 2 is 0.867 bits per heavy atom. The first kappa shape index (κ1) is 30.2. The third-order valence-electron chi connectivity index (χ3n) is 3.35. The minimum atomic E-state index is -3.70. The largest absolute Gasteiger partial charge is 0.475 e. The lowest BCUT2D eigenvalue weighted by molar-refractivity contribution is 0.0552. The van der Waals surface area contributed by atoms with E-state index in [0.717, 1.165) is 0 Å². The minimum absolute atomic E-state index is 0.0585. The summed E-state index contributed by atoms with van der Waals surface area (Å²) in [4.78, 5) is 0. The lowest BCUT2D eigenvalue weighted by Crippen LogP contribution is -2.16. The van der Waals surface area contributed by atoms with Crippen molar-refractivity contribution in [2.75, 3.05) is 33.0 Å². The fourth-order valence-corrected chi connectivity index (χ4v) is 4.99. The van der Waals surface area contributed by atoms with Crippen LogP contribution in [0.2, 0.25) is 0 Å². The predicted molar refractivity (Wildman–Crippen MR) is 119 cm³/mol. The number of rotatable bonds is 18. The van der Waals surface area contributed by atoms with E-state index in [-0.39, 0.29) is 56.7 Å². The van der Waals surface area contributed by atoms with Gasteiger partial charge in [-0.1, -0.05) is 55.4 Å². The Labute approximate surface area is 183 Å². The molecule has 0 bridgehead atoms. The maximum atomic E-state index is 12.9. The molecule has 30 heavy (non-hydrogen) atoms. The van der Waals surface area contributed by atoms with Crippen molar-refractivity contribution < 1.29 is 36.3 Å². The molecule has 0 unspecified atom stereocenters. The Morgan fingerprint density at radius 3 is 1.20 bits per heavy atom. The van der Waals surface area contributed by atoms with Crippen LogP contribution in [0.5, 0.6) is 0 Å². The Hall–Kier alpha value is 0.220. The van der Waals surface area contributed by atoms with E-state index in [2.05, 4.69) is 0 Å². The molecule has 0 aliphatic heterocycles. The molecule has 0 aliphatic rings. The van der Waals surface area contributed by atoms with Crippen LogP contribution in [0.1, 0.15) is 68.7 Å². The lowest BCUT2D eigenvalue weighted by atomic mass is 10.2. The number of hydrogen-bond donors (Lipinski definition) is 0. The maximum Gasteiger partial charge on any atom is 0.475 e. The van der Waals surface area contributed by atoms with E-state index in [4.69, 9.17) is 27.1 Å². The number of phosphoric ester groups is 2. The first-order valence-electron chi connectivity index (χ1n) is 10.9. The van der Waals surface area contributed by atoms with Crippen molar-refractivity contribution in [3.05, 3.63) is 0 Å². The highest BCUT2D eigenvalue weighted by molar-refractivity contribution is 7.48. The Morgan fingerprint density at radius 1 is 0.533 bits per heavy atom. The molecule has 1 atom stereocenters. The molecule has 0 heterocycles. The first-order valence-corrected chi connectivity index (χ1v) is 13.8. The van der Waals surface area contributed by atoms with Crippen LogP contribution in [0.3, 0.4) is 0 Å². The fraction of sp³-hybridized carbons (Fsp3) is 1.00. The third-order valence-corrected chi connectivity index (χ3v) is 6.32. The highest BCUT2D eigenvalue weighted by Gasteiger charge is 2.32. The Balaban J connectivity index is 4.78. The average Bonchev–Trinajstić information content (AvgIpc) is 2.62. The molecule has 0 spiro atoms. The average molecular weight is 475 g/mol. The van der Waals surface area contributed by atoms with Crippen molar-refractivity contribution in [2.45, 2.75) is 74.8 Å². The molecule has 10 heteroatoms. The predicted octanol–water partition coefficient (Wildman–Crippen LogP) is 6.70. The van der Waals surface area contributed by atoms with Crippen molar-refractivity contribution in [2.24, 2.45) is 23.7 Å². The van der Waals surface area contributed by atoms with E-state index in [1.54, 1.807) is 6.92 Å². The van der Waals surface area contributed by atoms with E-state index in [0.29, 0.717) is 6.42 Å². The van der Waals surface area contributed by atoms with Crippen LogP contribution in [0.4, 0.5) is 0 Å². The smallest absolute Gasteiger partial charge is 0.287 e. The zero-order chi connectivity index (χ0) is 23.4. The quantitative estimate of drug-likeness (QED) is 0.203. The number of phosphoric acid groups is 2. The molecular weight excluding hydrogens is 430 g/mol. The van der Waals surface area contributed by atoms with Gasteiger partial charge in [-0.2, -0.15) is 0 Å². The number of hydrogen-bond acceptors (Lipinski definition) is 8. The third kappa shape index (κ3) is 15.9. The molecule has 0 amide bonds. The van der Waals surface area contributed by atoms with Gasteiger partial charge >= 0.3 is 15.6 Å². The zero-order valence-corrected chi connectivity index (χ0v) is 22.1. The summed E-state index contributed by atoms with van der Waals surface area (Å²) in [6.45, 7) is 18.5. The standard InChI is InChI=1S/C20H44O8P2/c1-16(2)12-24-29(21,25-13-17(3)4)23-11-10-20(9)28-30(22,26-14-18(5)6)27-15-19(7)8/h16-20H,10-15H2,1-9H3/t20-/m0/s1. The van der Waals surface area contributed by atoms with E-state index < -0.39 is 21.7 Å². The van der Waals surface area contributed by atoms with Gasteiger partial charge in [0.2, 0.25) is 0 Å². The Kier molecular flexibility index (Phi) is 15.2. The van der Waals surface area contributed by atoms with Crippen LogP contribution >= 0.6 is 15.6 Å². The summed E-state index contributed by atoms with van der Waals surface area (Å²) in [6, 6.07) is 0. The zero-order valence-electron chi connectivity index (χ0n) is 20.3. The van der Waals surface area contributed by atoms with E-state index in [1.165, 1.54) is 0 Å². The second-order valence-corrected chi connectivity index (χ2v) is 12.5. The van der Waals surface area contributed by atoms with Gasteiger partial charge in [-0.25, -0.2) is 9.13 Å². The molecular formula is C20H44O8P2. The topological polar surface area (TPSA) is 89.5 Å². The van der Waals surface area contributed by atoms with Crippen molar-refractivity contribution in [3.63, 3.8) is 0 Å². The first-order chi connectivity index (χ1) is 13.8. The van der Waals surface area contributed by atoms with Gasteiger partial charge in [0.25, 0.3) is 0 Å². The lowest BCUT2D eigenvalue weighted by Gasteiger charge is -2.24. The van der Waals surface area contributed by atoms with Gasteiger partial charge < -0.3 is 0 Å². The van der Waals surface area contributed by atoms with Crippen LogP contribution in [-0.4, -0.2) is 39.1 Å².